The molecule has 2 N–H and O–H groups in total. The SMILES string of the molecule is CCSc1cccc(NCc2nc(C)no2)c1C(=O)O. The van der Waals surface area contributed by atoms with Crippen molar-refractivity contribution in [3.8, 4) is 0 Å². The topological polar surface area (TPSA) is 88.3 Å². The molecule has 1 heterocycles. The number of aromatic carboxylic acids is 1. The highest BCUT2D eigenvalue weighted by atomic mass is 32.2. The van der Waals surface area contributed by atoms with E-state index < -0.39 is 5.97 Å². The highest BCUT2D eigenvalue weighted by Gasteiger charge is 2.16. The molecule has 0 spiro atoms. The third kappa shape index (κ3) is 3.30. The van der Waals surface area contributed by atoms with E-state index in [1.54, 1.807) is 19.1 Å². The Labute approximate surface area is 120 Å². The molecule has 0 amide bonds. The number of rotatable bonds is 6. The van der Waals surface area contributed by atoms with E-state index >= 15 is 0 Å². The Morgan fingerprint density at radius 2 is 2.30 bits per heavy atom. The summed E-state index contributed by atoms with van der Waals surface area (Å²) in [6, 6.07) is 5.36. The van der Waals surface area contributed by atoms with Gasteiger partial charge in [0.1, 0.15) is 0 Å². The molecule has 0 aliphatic heterocycles. The summed E-state index contributed by atoms with van der Waals surface area (Å²) in [7, 11) is 0. The van der Waals surface area contributed by atoms with Crippen LogP contribution in [0.2, 0.25) is 0 Å². The number of carboxylic acids is 1. The zero-order valence-electron chi connectivity index (χ0n) is 11.2. The number of carboxylic acid groups (broad SMARTS) is 1. The van der Waals surface area contributed by atoms with Gasteiger partial charge in [0.05, 0.1) is 17.8 Å². The molecule has 0 fully saturated rings. The molecule has 1 aromatic heterocycles. The van der Waals surface area contributed by atoms with Gasteiger partial charge in [0.25, 0.3) is 0 Å². The van der Waals surface area contributed by atoms with Crippen LogP contribution in [0.1, 0.15) is 29.0 Å². The number of hydrogen-bond acceptors (Lipinski definition) is 6. The maximum atomic E-state index is 11.4. The van der Waals surface area contributed by atoms with Crippen LogP contribution in [0.3, 0.4) is 0 Å². The standard InChI is InChI=1S/C13H15N3O3S/c1-3-20-10-6-4-5-9(12(10)13(17)18)14-7-11-15-8(2)16-19-11/h4-6,14H,3,7H2,1-2H3,(H,17,18). The molecule has 0 bridgehead atoms. The maximum absolute atomic E-state index is 11.4. The summed E-state index contributed by atoms with van der Waals surface area (Å²) in [5.74, 6) is 0.834. The summed E-state index contributed by atoms with van der Waals surface area (Å²) in [6.07, 6.45) is 0. The first-order valence-corrected chi connectivity index (χ1v) is 7.12. The molecule has 2 aromatic rings. The van der Waals surface area contributed by atoms with Gasteiger partial charge in [0, 0.05) is 4.90 Å². The van der Waals surface area contributed by atoms with Gasteiger partial charge < -0.3 is 14.9 Å². The van der Waals surface area contributed by atoms with Crippen LogP contribution in [0, 0.1) is 6.92 Å². The molecule has 0 saturated heterocycles. The lowest BCUT2D eigenvalue weighted by atomic mass is 10.2. The molecule has 6 nitrogen and oxygen atoms in total. The number of benzene rings is 1. The average molecular weight is 293 g/mol. The number of carbonyl (C=O) groups is 1. The second kappa shape index (κ2) is 6.42. The predicted molar refractivity (Wildman–Crippen MR) is 76.2 cm³/mol. The number of thioether (sulfide) groups is 1. The minimum atomic E-state index is -0.953. The van der Waals surface area contributed by atoms with E-state index in [0.29, 0.717) is 23.9 Å². The average Bonchev–Trinajstić information content (AvgIpc) is 2.82. The molecule has 0 aliphatic carbocycles. The van der Waals surface area contributed by atoms with Gasteiger partial charge >= 0.3 is 5.97 Å². The molecule has 1 aromatic carbocycles. The number of nitrogens with zero attached hydrogens (tertiary/aromatic N) is 2. The van der Waals surface area contributed by atoms with Gasteiger partial charge in [-0.25, -0.2) is 4.79 Å². The number of aromatic nitrogens is 2. The minimum absolute atomic E-state index is 0.274. The third-order valence-corrected chi connectivity index (χ3v) is 3.48. The minimum Gasteiger partial charge on any atom is -0.478 e. The second-order valence-electron chi connectivity index (χ2n) is 4.01. The van der Waals surface area contributed by atoms with Crippen LogP contribution >= 0.6 is 11.8 Å². The summed E-state index contributed by atoms with van der Waals surface area (Å²) in [5.41, 5.74) is 0.822. The monoisotopic (exact) mass is 293 g/mol. The molecule has 0 saturated carbocycles. The van der Waals surface area contributed by atoms with Gasteiger partial charge in [-0.3, -0.25) is 0 Å². The molecule has 7 heteroatoms. The van der Waals surface area contributed by atoms with Crippen LogP contribution in [0.25, 0.3) is 0 Å². The fourth-order valence-electron chi connectivity index (χ4n) is 1.76. The zero-order valence-corrected chi connectivity index (χ0v) is 12.0. The van der Waals surface area contributed by atoms with Crippen molar-refractivity contribution < 1.29 is 14.4 Å². The molecule has 2 rings (SSSR count). The lowest BCUT2D eigenvalue weighted by Gasteiger charge is -2.11. The van der Waals surface area contributed by atoms with E-state index in [4.69, 9.17) is 4.52 Å². The van der Waals surface area contributed by atoms with E-state index in [-0.39, 0.29) is 5.56 Å². The molecule has 0 aliphatic rings. The summed E-state index contributed by atoms with van der Waals surface area (Å²) >= 11 is 1.50. The van der Waals surface area contributed by atoms with Crippen LogP contribution in [0.15, 0.2) is 27.6 Å². The highest BCUT2D eigenvalue weighted by Crippen LogP contribution is 2.28. The predicted octanol–water partition coefficient (Wildman–Crippen LogP) is 2.80. The largest absolute Gasteiger partial charge is 0.478 e. The Bertz CT molecular complexity index is 613. The summed E-state index contributed by atoms with van der Waals surface area (Å²) in [6.45, 7) is 4.01. The van der Waals surface area contributed by atoms with Gasteiger partial charge in [-0.1, -0.05) is 18.1 Å². The Kier molecular flexibility index (Phi) is 4.62. The third-order valence-electron chi connectivity index (χ3n) is 2.54. The van der Waals surface area contributed by atoms with Crippen LogP contribution in [-0.4, -0.2) is 27.0 Å². The summed E-state index contributed by atoms with van der Waals surface area (Å²) in [4.78, 5) is 16.2. The van der Waals surface area contributed by atoms with E-state index in [9.17, 15) is 9.90 Å². The fourth-order valence-corrected chi connectivity index (χ4v) is 2.58. The number of aryl methyl sites for hydroxylation is 1. The highest BCUT2D eigenvalue weighted by molar-refractivity contribution is 7.99. The fraction of sp³-hybridized carbons (Fsp3) is 0.308. The molecule has 106 valence electrons. The Hall–Kier alpha value is -2.02. The Morgan fingerprint density at radius 1 is 1.50 bits per heavy atom. The molecule has 0 atom stereocenters. The number of anilines is 1. The van der Waals surface area contributed by atoms with E-state index in [1.165, 1.54) is 11.8 Å². The summed E-state index contributed by atoms with van der Waals surface area (Å²) in [5, 5.41) is 16.1. The van der Waals surface area contributed by atoms with Crippen molar-refractivity contribution >= 4 is 23.4 Å². The van der Waals surface area contributed by atoms with E-state index in [0.717, 1.165) is 10.6 Å². The quantitative estimate of drug-likeness (QED) is 0.792. The van der Waals surface area contributed by atoms with Crippen molar-refractivity contribution in [2.75, 3.05) is 11.1 Å². The van der Waals surface area contributed by atoms with Crippen molar-refractivity contribution in [1.82, 2.24) is 10.1 Å². The van der Waals surface area contributed by atoms with E-state index in [1.807, 2.05) is 13.0 Å². The zero-order chi connectivity index (χ0) is 14.5. The second-order valence-corrected chi connectivity index (χ2v) is 5.31. The molecular weight excluding hydrogens is 278 g/mol. The van der Waals surface area contributed by atoms with Crippen LogP contribution in [0.4, 0.5) is 5.69 Å². The van der Waals surface area contributed by atoms with Gasteiger partial charge in [0.15, 0.2) is 5.82 Å². The van der Waals surface area contributed by atoms with Crippen LogP contribution in [0.5, 0.6) is 0 Å². The summed E-state index contributed by atoms with van der Waals surface area (Å²) < 4.78 is 4.99. The van der Waals surface area contributed by atoms with E-state index in [2.05, 4.69) is 15.5 Å². The molecule has 0 unspecified atom stereocenters. The maximum Gasteiger partial charge on any atom is 0.338 e. The van der Waals surface area contributed by atoms with Gasteiger partial charge in [-0.05, 0) is 24.8 Å². The molecule has 0 radical (unpaired) electrons. The number of nitrogens with one attached hydrogen (secondary N) is 1. The lowest BCUT2D eigenvalue weighted by Crippen LogP contribution is -2.08. The first-order chi connectivity index (χ1) is 9.61. The van der Waals surface area contributed by atoms with Crippen molar-refractivity contribution in [2.45, 2.75) is 25.3 Å². The van der Waals surface area contributed by atoms with Crippen molar-refractivity contribution in [2.24, 2.45) is 0 Å². The smallest absolute Gasteiger partial charge is 0.338 e. The first-order valence-electron chi connectivity index (χ1n) is 6.14. The Morgan fingerprint density at radius 3 is 2.90 bits per heavy atom. The van der Waals surface area contributed by atoms with Crippen LogP contribution < -0.4 is 5.32 Å². The van der Waals surface area contributed by atoms with Gasteiger partial charge in [-0.2, -0.15) is 4.98 Å². The lowest BCUT2D eigenvalue weighted by molar-refractivity contribution is 0.0694. The van der Waals surface area contributed by atoms with Gasteiger partial charge in [-0.15, -0.1) is 11.8 Å². The Balaban J connectivity index is 2.22. The van der Waals surface area contributed by atoms with Crippen molar-refractivity contribution in [1.29, 1.82) is 0 Å². The van der Waals surface area contributed by atoms with Crippen molar-refractivity contribution in [3.63, 3.8) is 0 Å². The van der Waals surface area contributed by atoms with Gasteiger partial charge in [0.2, 0.25) is 5.89 Å². The van der Waals surface area contributed by atoms with Crippen molar-refractivity contribution in [3.05, 3.63) is 35.5 Å². The molecule has 20 heavy (non-hydrogen) atoms. The number of hydrogen-bond donors (Lipinski definition) is 2. The normalized spacial score (nSPS) is 10.5. The molecular formula is C13H15N3O3S. The first kappa shape index (κ1) is 14.4. The van der Waals surface area contributed by atoms with Crippen LogP contribution in [-0.2, 0) is 6.54 Å².